The van der Waals surface area contributed by atoms with Gasteiger partial charge in [-0.1, -0.05) is 0 Å². The fourth-order valence-corrected chi connectivity index (χ4v) is 1.12. The predicted molar refractivity (Wildman–Crippen MR) is 53.4 cm³/mol. The summed E-state index contributed by atoms with van der Waals surface area (Å²) < 4.78 is 26.3. The maximum Gasteiger partial charge on any atom is 0.172 e. The predicted octanol–water partition coefficient (Wildman–Crippen LogP) is -0.0272. The molecule has 15 heavy (non-hydrogen) atoms. The molecule has 0 heterocycles. The first-order valence-electron chi connectivity index (χ1n) is 3.98. The van der Waals surface area contributed by atoms with Crippen LogP contribution >= 0.6 is 0 Å². The number of hydrazine groups is 1. The van der Waals surface area contributed by atoms with Gasteiger partial charge in [-0.2, -0.15) is 5.10 Å². The number of hydrogen-bond acceptors (Lipinski definition) is 4. The molecule has 1 rings (SSSR count). The molecule has 6 N–H and O–H groups in total. The molecule has 0 unspecified atom stereocenters. The molecule has 0 radical (unpaired) electrons. The average Bonchev–Trinajstić information content (AvgIpc) is 2.13. The molecule has 7 heteroatoms. The number of rotatable bonds is 1. The van der Waals surface area contributed by atoms with Gasteiger partial charge in [0.05, 0.1) is 5.56 Å². The van der Waals surface area contributed by atoms with E-state index in [0.717, 1.165) is 11.1 Å². The number of amidine groups is 1. The standard InChI is InChI=1S/C8H11F2N5/c1-15(13)8(14-12)5-2-4(11)3-6(9)7(5)10/h2-3H,11-13H2,1H3/b14-8-. The van der Waals surface area contributed by atoms with Crippen molar-refractivity contribution < 1.29 is 8.78 Å². The minimum Gasteiger partial charge on any atom is -0.399 e. The minimum absolute atomic E-state index is 0.0619. The van der Waals surface area contributed by atoms with Crippen molar-refractivity contribution in [2.75, 3.05) is 12.8 Å². The summed E-state index contributed by atoms with van der Waals surface area (Å²) in [6.07, 6.45) is 0. The SMILES string of the molecule is CN(N)/C(=N\N)c1cc(N)cc(F)c1F. The molecule has 0 saturated heterocycles. The molecular weight excluding hydrogens is 204 g/mol. The lowest BCUT2D eigenvalue weighted by Gasteiger charge is -2.15. The molecule has 82 valence electrons. The molecule has 1 aromatic rings. The Bertz CT molecular complexity index is 402. The Morgan fingerprint density at radius 1 is 1.40 bits per heavy atom. The minimum atomic E-state index is -1.09. The van der Waals surface area contributed by atoms with Crippen molar-refractivity contribution in [1.29, 1.82) is 0 Å². The van der Waals surface area contributed by atoms with Crippen molar-refractivity contribution in [1.82, 2.24) is 5.01 Å². The number of halogens is 2. The van der Waals surface area contributed by atoms with Crippen molar-refractivity contribution >= 4 is 11.5 Å². The van der Waals surface area contributed by atoms with Crippen molar-refractivity contribution in [2.24, 2.45) is 16.8 Å². The molecule has 0 atom stereocenters. The van der Waals surface area contributed by atoms with Crippen LogP contribution in [0, 0.1) is 11.6 Å². The van der Waals surface area contributed by atoms with Crippen LogP contribution in [0.4, 0.5) is 14.5 Å². The van der Waals surface area contributed by atoms with Gasteiger partial charge in [0.25, 0.3) is 0 Å². The van der Waals surface area contributed by atoms with E-state index in [9.17, 15) is 8.78 Å². The summed E-state index contributed by atoms with van der Waals surface area (Å²) in [4.78, 5) is 0. The van der Waals surface area contributed by atoms with Gasteiger partial charge in [0, 0.05) is 12.7 Å². The fraction of sp³-hybridized carbons (Fsp3) is 0.125. The van der Waals surface area contributed by atoms with E-state index in [1.54, 1.807) is 0 Å². The lowest BCUT2D eigenvalue weighted by atomic mass is 10.1. The molecule has 0 amide bonds. The highest BCUT2D eigenvalue weighted by atomic mass is 19.2. The van der Waals surface area contributed by atoms with Gasteiger partial charge in [0.15, 0.2) is 17.5 Å². The van der Waals surface area contributed by atoms with Gasteiger partial charge in [0.2, 0.25) is 0 Å². The van der Waals surface area contributed by atoms with Gasteiger partial charge in [-0.05, 0) is 12.1 Å². The van der Waals surface area contributed by atoms with Gasteiger partial charge >= 0.3 is 0 Å². The summed E-state index contributed by atoms with van der Waals surface area (Å²) in [5.74, 6) is 8.09. The smallest absolute Gasteiger partial charge is 0.172 e. The normalized spacial score (nSPS) is 11.6. The van der Waals surface area contributed by atoms with Crippen LogP contribution < -0.4 is 17.4 Å². The van der Waals surface area contributed by atoms with Crippen LogP contribution in [0.3, 0.4) is 0 Å². The monoisotopic (exact) mass is 215 g/mol. The van der Waals surface area contributed by atoms with Crippen molar-refractivity contribution in [3.8, 4) is 0 Å². The van der Waals surface area contributed by atoms with E-state index in [1.807, 2.05) is 0 Å². The highest BCUT2D eigenvalue weighted by molar-refractivity contribution is 5.99. The highest BCUT2D eigenvalue weighted by Crippen LogP contribution is 2.17. The summed E-state index contributed by atoms with van der Waals surface area (Å²) >= 11 is 0. The zero-order valence-electron chi connectivity index (χ0n) is 8.04. The van der Waals surface area contributed by atoms with Gasteiger partial charge in [-0.3, -0.25) is 5.01 Å². The van der Waals surface area contributed by atoms with Crippen LogP contribution in [-0.2, 0) is 0 Å². The molecule has 0 aromatic heterocycles. The number of nitrogens with two attached hydrogens (primary N) is 3. The fourth-order valence-electron chi connectivity index (χ4n) is 1.12. The molecule has 5 nitrogen and oxygen atoms in total. The maximum absolute atomic E-state index is 13.3. The largest absolute Gasteiger partial charge is 0.399 e. The summed E-state index contributed by atoms with van der Waals surface area (Å²) in [6.45, 7) is 0. The van der Waals surface area contributed by atoms with Crippen LogP contribution in [0.2, 0.25) is 0 Å². The molecule has 0 spiro atoms. The first-order chi connectivity index (χ1) is 6.97. The summed E-state index contributed by atoms with van der Waals surface area (Å²) in [7, 11) is 1.40. The molecule has 0 aliphatic rings. The van der Waals surface area contributed by atoms with E-state index < -0.39 is 11.6 Å². The average molecular weight is 215 g/mol. The molecular formula is C8H11F2N5. The Hall–Kier alpha value is -1.89. The topological polar surface area (TPSA) is 93.7 Å². The highest BCUT2D eigenvalue weighted by Gasteiger charge is 2.16. The number of anilines is 1. The van der Waals surface area contributed by atoms with Gasteiger partial charge < -0.3 is 11.6 Å². The Morgan fingerprint density at radius 3 is 2.47 bits per heavy atom. The third-order valence-corrected chi connectivity index (χ3v) is 1.75. The molecule has 1 aromatic carbocycles. The van der Waals surface area contributed by atoms with Crippen LogP contribution in [0.5, 0.6) is 0 Å². The van der Waals surface area contributed by atoms with E-state index in [-0.39, 0.29) is 17.1 Å². The Labute approximate surface area is 85.1 Å². The van der Waals surface area contributed by atoms with E-state index in [1.165, 1.54) is 13.1 Å². The third-order valence-electron chi connectivity index (χ3n) is 1.75. The first kappa shape index (κ1) is 11.2. The van der Waals surface area contributed by atoms with E-state index in [2.05, 4.69) is 5.10 Å². The van der Waals surface area contributed by atoms with Crippen LogP contribution in [0.15, 0.2) is 17.2 Å². The number of benzene rings is 1. The van der Waals surface area contributed by atoms with Crippen LogP contribution in [-0.4, -0.2) is 17.9 Å². The first-order valence-corrected chi connectivity index (χ1v) is 3.98. The van der Waals surface area contributed by atoms with Crippen molar-refractivity contribution in [3.63, 3.8) is 0 Å². The second-order valence-corrected chi connectivity index (χ2v) is 2.93. The van der Waals surface area contributed by atoms with Crippen LogP contribution in [0.1, 0.15) is 5.56 Å². The quantitative estimate of drug-likeness (QED) is 0.202. The van der Waals surface area contributed by atoms with E-state index >= 15 is 0 Å². The Kier molecular flexibility index (Phi) is 3.05. The molecule has 0 aliphatic heterocycles. The maximum atomic E-state index is 13.3. The van der Waals surface area contributed by atoms with E-state index in [0.29, 0.717) is 0 Å². The lowest BCUT2D eigenvalue weighted by molar-refractivity contribution is 0.496. The van der Waals surface area contributed by atoms with Gasteiger partial charge in [-0.15, -0.1) is 0 Å². The summed E-state index contributed by atoms with van der Waals surface area (Å²) in [5, 5.41) is 4.23. The lowest BCUT2D eigenvalue weighted by Crippen LogP contribution is -2.35. The molecule has 0 saturated carbocycles. The Morgan fingerprint density at radius 2 is 2.00 bits per heavy atom. The molecule has 0 fully saturated rings. The number of nitrogens with zero attached hydrogens (tertiary/aromatic N) is 2. The molecule has 0 bridgehead atoms. The number of nitrogen functional groups attached to an aromatic ring is 1. The van der Waals surface area contributed by atoms with E-state index in [4.69, 9.17) is 17.4 Å². The van der Waals surface area contributed by atoms with Gasteiger partial charge in [0.1, 0.15) is 0 Å². The summed E-state index contributed by atoms with van der Waals surface area (Å²) in [5.41, 5.74) is 5.24. The number of hydrazone groups is 1. The molecule has 0 aliphatic carbocycles. The van der Waals surface area contributed by atoms with Crippen LogP contribution in [0.25, 0.3) is 0 Å². The summed E-state index contributed by atoms with van der Waals surface area (Å²) in [6, 6.07) is 2.07. The second-order valence-electron chi connectivity index (χ2n) is 2.93. The Balaban J connectivity index is 3.36. The zero-order valence-corrected chi connectivity index (χ0v) is 8.04. The zero-order chi connectivity index (χ0) is 11.6. The third kappa shape index (κ3) is 2.13. The second kappa shape index (κ2) is 4.09. The van der Waals surface area contributed by atoms with Crippen molar-refractivity contribution in [3.05, 3.63) is 29.3 Å². The number of hydrogen-bond donors (Lipinski definition) is 3. The van der Waals surface area contributed by atoms with Crippen molar-refractivity contribution in [2.45, 2.75) is 0 Å². The van der Waals surface area contributed by atoms with Gasteiger partial charge in [-0.25, -0.2) is 14.6 Å².